The van der Waals surface area contributed by atoms with Crippen LogP contribution >= 0.6 is 11.6 Å². The van der Waals surface area contributed by atoms with Crippen LogP contribution in [0.15, 0.2) is 23.1 Å². The van der Waals surface area contributed by atoms with Crippen molar-refractivity contribution in [2.45, 2.75) is 31.7 Å². The second-order valence-electron chi connectivity index (χ2n) is 4.85. The summed E-state index contributed by atoms with van der Waals surface area (Å²) in [5, 5.41) is 3.73. The topological polar surface area (TPSA) is 46.2 Å². The highest BCUT2D eigenvalue weighted by molar-refractivity contribution is 7.90. The van der Waals surface area contributed by atoms with E-state index in [4.69, 9.17) is 11.6 Å². The van der Waals surface area contributed by atoms with Gasteiger partial charge in [0.25, 0.3) is 0 Å². The molecule has 0 aromatic heterocycles. The first-order valence-electron chi connectivity index (χ1n) is 6.00. The molecule has 3 nitrogen and oxygen atoms in total. The molecule has 0 heterocycles. The maximum atomic E-state index is 11.7. The van der Waals surface area contributed by atoms with Crippen LogP contribution in [0.2, 0.25) is 5.02 Å². The Morgan fingerprint density at radius 1 is 1.33 bits per heavy atom. The number of hydrogen-bond donors (Lipinski definition) is 1. The van der Waals surface area contributed by atoms with Gasteiger partial charge in [-0.2, -0.15) is 0 Å². The van der Waals surface area contributed by atoms with Crippen molar-refractivity contribution in [3.8, 4) is 0 Å². The molecule has 0 unspecified atom stereocenters. The first-order valence-corrected chi connectivity index (χ1v) is 8.27. The number of rotatable bonds is 6. The summed E-state index contributed by atoms with van der Waals surface area (Å²) in [5.74, 6) is 0.623. The van der Waals surface area contributed by atoms with Crippen molar-refractivity contribution in [3.05, 3.63) is 28.8 Å². The molecule has 0 saturated carbocycles. The standard InChI is InChI=1S/C13H20ClNO2S/c1-10(2)7-8-15-9-11-12(14)5-4-6-13(11)18(3,16)17/h4-6,10,15H,7-9H2,1-3H3. The molecule has 0 fully saturated rings. The molecule has 0 spiro atoms. The summed E-state index contributed by atoms with van der Waals surface area (Å²) < 4.78 is 23.3. The van der Waals surface area contributed by atoms with Crippen molar-refractivity contribution in [1.29, 1.82) is 0 Å². The van der Waals surface area contributed by atoms with Gasteiger partial charge < -0.3 is 5.32 Å². The van der Waals surface area contributed by atoms with Crippen molar-refractivity contribution in [3.63, 3.8) is 0 Å². The number of nitrogens with one attached hydrogen (secondary N) is 1. The van der Waals surface area contributed by atoms with Crippen LogP contribution < -0.4 is 5.32 Å². The minimum atomic E-state index is -3.23. The van der Waals surface area contributed by atoms with Gasteiger partial charge in [0, 0.05) is 23.4 Å². The van der Waals surface area contributed by atoms with Gasteiger partial charge in [0.2, 0.25) is 0 Å². The van der Waals surface area contributed by atoms with Crippen LogP contribution in [0.3, 0.4) is 0 Å². The first kappa shape index (κ1) is 15.5. The Labute approximate surface area is 114 Å². The van der Waals surface area contributed by atoms with Gasteiger partial charge in [-0.1, -0.05) is 31.5 Å². The lowest BCUT2D eigenvalue weighted by Crippen LogP contribution is -2.18. The van der Waals surface area contributed by atoms with E-state index in [9.17, 15) is 8.42 Å². The van der Waals surface area contributed by atoms with Crippen LogP contribution in [0.25, 0.3) is 0 Å². The smallest absolute Gasteiger partial charge is 0.175 e. The van der Waals surface area contributed by atoms with Gasteiger partial charge in [0.05, 0.1) is 4.90 Å². The maximum absolute atomic E-state index is 11.7. The summed E-state index contributed by atoms with van der Waals surface area (Å²) in [4.78, 5) is 0.312. The zero-order valence-corrected chi connectivity index (χ0v) is 12.6. The molecule has 0 radical (unpaired) electrons. The van der Waals surface area contributed by atoms with Gasteiger partial charge in [-0.25, -0.2) is 8.42 Å². The molecule has 0 aliphatic heterocycles. The Hall–Kier alpha value is -0.580. The molecule has 0 amide bonds. The lowest BCUT2D eigenvalue weighted by Gasteiger charge is -2.12. The summed E-state index contributed by atoms with van der Waals surface area (Å²) in [6, 6.07) is 4.98. The van der Waals surface area contributed by atoms with E-state index < -0.39 is 9.84 Å². The highest BCUT2D eigenvalue weighted by atomic mass is 35.5. The van der Waals surface area contributed by atoms with Crippen molar-refractivity contribution in [2.24, 2.45) is 5.92 Å². The van der Waals surface area contributed by atoms with E-state index in [2.05, 4.69) is 19.2 Å². The molecule has 5 heteroatoms. The van der Waals surface area contributed by atoms with Crippen molar-refractivity contribution in [2.75, 3.05) is 12.8 Å². The highest BCUT2D eigenvalue weighted by Crippen LogP contribution is 2.23. The third kappa shape index (κ3) is 4.59. The monoisotopic (exact) mass is 289 g/mol. The maximum Gasteiger partial charge on any atom is 0.175 e. The molecular formula is C13H20ClNO2S. The summed E-state index contributed by atoms with van der Waals surface area (Å²) in [7, 11) is -3.23. The van der Waals surface area contributed by atoms with Crippen LogP contribution in [0.4, 0.5) is 0 Å². The summed E-state index contributed by atoms with van der Waals surface area (Å²) in [6.07, 6.45) is 2.26. The van der Waals surface area contributed by atoms with Crippen molar-refractivity contribution in [1.82, 2.24) is 5.32 Å². The molecule has 0 bridgehead atoms. The first-order chi connectivity index (χ1) is 8.32. The minimum Gasteiger partial charge on any atom is -0.313 e. The van der Waals surface area contributed by atoms with Gasteiger partial charge in [-0.15, -0.1) is 0 Å². The lowest BCUT2D eigenvalue weighted by molar-refractivity contribution is 0.535. The number of hydrogen-bond acceptors (Lipinski definition) is 3. The fourth-order valence-electron chi connectivity index (χ4n) is 1.66. The molecule has 0 aliphatic carbocycles. The normalized spacial score (nSPS) is 12.1. The average Bonchev–Trinajstić information content (AvgIpc) is 2.24. The molecule has 1 aromatic rings. The second-order valence-corrected chi connectivity index (χ2v) is 7.24. The molecular weight excluding hydrogens is 270 g/mol. The Morgan fingerprint density at radius 3 is 2.56 bits per heavy atom. The van der Waals surface area contributed by atoms with Gasteiger partial charge >= 0.3 is 0 Å². The second kappa shape index (κ2) is 6.55. The van der Waals surface area contributed by atoms with Crippen molar-refractivity contribution < 1.29 is 8.42 Å². The Morgan fingerprint density at radius 2 is 2.00 bits per heavy atom. The molecule has 18 heavy (non-hydrogen) atoms. The Bertz CT molecular complexity index is 498. The van der Waals surface area contributed by atoms with E-state index in [1.165, 1.54) is 6.26 Å². The highest BCUT2D eigenvalue weighted by Gasteiger charge is 2.15. The molecule has 0 aliphatic rings. The number of benzene rings is 1. The van der Waals surface area contributed by atoms with E-state index >= 15 is 0 Å². The number of halogens is 1. The van der Waals surface area contributed by atoms with Crippen LogP contribution in [0.1, 0.15) is 25.8 Å². The van der Waals surface area contributed by atoms with Gasteiger partial charge in [0.15, 0.2) is 9.84 Å². The van der Waals surface area contributed by atoms with Crippen LogP contribution in [0.5, 0.6) is 0 Å². The fourth-order valence-corrected chi connectivity index (χ4v) is 2.91. The molecule has 0 atom stereocenters. The number of sulfone groups is 1. The summed E-state index contributed by atoms with van der Waals surface area (Å²) in [5.41, 5.74) is 0.658. The quantitative estimate of drug-likeness (QED) is 0.819. The fraction of sp³-hybridized carbons (Fsp3) is 0.538. The summed E-state index contributed by atoms with van der Waals surface area (Å²) in [6.45, 7) is 5.64. The SMILES string of the molecule is CC(C)CCNCc1c(Cl)cccc1S(C)(=O)=O. The Kier molecular flexibility index (Phi) is 5.63. The van der Waals surface area contributed by atoms with E-state index in [-0.39, 0.29) is 0 Å². The predicted octanol–water partition coefficient (Wildman–Crippen LogP) is 2.88. The largest absolute Gasteiger partial charge is 0.313 e. The lowest BCUT2D eigenvalue weighted by atomic mass is 10.1. The van der Waals surface area contributed by atoms with E-state index in [0.717, 1.165) is 13.0 Å². The molecule has 0 saturated heterocycles. The van der Waals surface area contributed by atoms with E-state index in [0.29, 0.717) is 27.9 Å². The van der Waals surface area contributed by atoms with E-state index in [1.54, 1.807) is 18.2 Å². The van der Waals surface area contributed by atoms with Crippen LogP contribution in [-0.4, -0.2) is 21.2 Å². The van der Waals surface area contributed by atoms with Crippen LogP contribution in [0, 0.1) is 5.92 Å². The van der Waals surface area contributed by atoms with Gasteiger partial charge in [-0.05, 0) is 31.0 Å². The summed E-state index contributed by atoms with van der Waals surface area (Å²) >= 11 is 6.07. The average molecular weight is 290 g/mol. The molecule has 102 valence electrons. The van der Waals surface area contributed by atoms with Crippen molar-refractivity contribution >= 4 is 21.4 Å². The van der Waals surface area contributed by atoms with Crippen LogP contribution in [-0.2, 0) is 16.4 Å². The zero-order chi connectivity index (χ0) is 13.8. The molecule has 1 rings (SSSR count). The van der Waals surface area contributed by atoms with Gasteiger partial charge in [-0.3, -0.25) is 0 Å². The zero-order valence-electron chi connectivity index (χ0n) is 11.0. The van der Waals surface area contributed by atoms with Gasteiger partial charge in [0.1, 0.15) is 0 Å². The molecule has 1 aromatic carbocycles. The third-order valence-electron chi connectivity index (χ3n) is 2.68. The third-order valence-corrected chi connectivity index (χ3v) is 4.21. The van der Waals surface area contributed by atoms with E-state index in [1.807, 2.05) is 0 Å². The molecule has 1 N–H and O–H groups in total. The Balaban J connectivity index is 2.81. The minimum absolute atomic E-state index is 0.312. The predicted molar refractivity (Wildman–Crippen MR) is 75.7 cm³/mol.